The largest absolute Gasteiger partial charge is 0.323 e. The molecule has 0 aromatic carbocycles. The molecule has 1 spiro atoms. The van der Waals surface area contributed by atoms with Crippen molar-refractivity contribution in [2.75, 3.05) is 20.1 Å². The first-order valence-corrected chi connectivity index (χ1v) is 6.01. The Morgan fingerprint density at radius 1 is 1.50 bits per heavy atom. The lowest BCUT2D eigenvalue weighted by Crippen LogP contribution is -2.59. The SMILES string of the molecule is CN1CCCC2(C1)C(=N)NC(=O)N2C1CC1. The van der Waals surface area contributed by atoms with Gasteiger partial charge in [0.05, 0.1) is 0 Å². The van der Waals surface area contributed by atoms with Gasteiger partial charge in [-0.2, -0.15) is 0 Å². The number of nitrogens with one attached hydrogen (secondary N) is 2. The van der Waals surface area contributed by atoms with Gasteiger partial charge in [-0.25, -0.2) is 4.79 Å². The molecule has 2 N–H and O–H groups in total. The lowest BCUT2D eigenvalue weighted by atomic mass is 9.87. The second kappa shape index (κ2) is 3.20. The molecule has 3 fully saturated rings. The van der Waals surface area contributed by atoms with Crippen LogP contribution in [0.2, 0.25) is 0 Å². The van der Waals surface area contributed by atoms with E-state index in [9.17, 15) is 4.79 Å². The minimum Gasteiger partial charge on any atom is -0.307 e. The van der Waals surface area contributed by atoms with Crippen molar-refractivity contribution in [3.05, 3.63) is 0 Å². The fourth-order valence-corrected chi connectivity index (χ4v) is 3.09. The van der Waals surface area contributed by atoms with E-state index in [0.29, 0.717) is 11.9 Å². The van der Waals surface area contributed by atoms with Gasteiger partial charge in [0.2, 0.25) is 0 Å². The van der Waals surface area contributed by atoms with Crippen LogP contribution < -0.4 is 5.32 Å². The van der Waals surface area contributed by atoms with Crippen LogP contribution in [0.4, 0.5) is 4.79 Å². The number of nitrogens with zero attached hydrogens (tertiary/aromatic N) is 2. The van der Waals surface area contributed by atoms with Gasteiger partial charge in [0.15, 0.2) is 0 Å². The molecule has 1 saturated carbocycles. The van der Waals surface area contributed by atoms with E-state index in [1.807, 2.05) is 4.90 Å². The van der Waals surface area contributed by atoms with E-state index in [1.165, 1.54) is 0 Å². The van der Waals surface area contributed by atoms with Gasteiger partial charge >= 0.3 is 6.03 Å². The van der Waals surface area contributed by atoms with Crippen molar-refractivity contribution < 1.29 is 4.79 Å². The molecule has 5 nitrogen and oxygen atoms in total. The van der Waals surface area contributed by atoms with Crippen molar-refractivity contribution in [3.8, 4) is 0 Å². The molecule has 16 heavy (non-hydrogen) atoms. The highest BCUT2D eigenvalue weighted by Crippen LogP contribution is 2.40. The molecular formula is C11H18N4O. The molecule has 2 heterocycles. The monoisotopic (exact) mass is 222 g/mol. The number of hydrogen-bond acceptors (Lipinski definition) is 3. The van der Waals surface area contributed by atoms with E-state index >= 15 is 0 Å². The minimum absolute atomic E-state index is 0.0530. The number of urea groups is 1. The summed E-state index contributed by atoms with van der Waals surface area (Å²) >= 11 is 0. The van der Waals surface area contributed by atoms with E-state index in [1.54, 1.807) is 0 Å². The van der Waals surface area contributed by atoms with Crippen LogP contribution in [-0.4, -0.2) is 53.4 Å². The number of carbonyl (C=O) groups is 1. The van der Waals surface area contributed by atoms with Gasteiger partial charge in [-0.3, -0.25) is 10.7 Å². The van der Waals surface area contributed by atoms with Gasteiger partial charge in [-0.05, 0) is 39.3 Å². The smallest absolute Gasteiger partial charge is 0.307 e. The molecule has 5 heteroatoms. The Kier molecular flexibility index (Phi) is 2.01. The third kappa shape index (κ3) is 1.27. The maximum Gasteiger partial charge on any atom is 0.323 e. The molecule has 0 bridgehead atoms. The summed E-state index contributed by atoms with van der Waals surface area (Å²) in [5, 5.41) is 10.8. The van der Waals surface area contributed by atoms with Crippen LogP contribution >= 0.6 is 0 Å². The number of amides is 2. The van der Waals surface area contributed by atoms with Crippen LogP contribution in [0.3, 0.4) is 0 Å². The Morgan fingerprint density at radius 2 is 2.25 bits per heavy atom. The maximum absolute atomic E-state index is 11.9. The topological polar surface area (TPSA) is 59.4 Å². The van der Waals surface area contributed by atoms with Crippen molar-refractivity contribution in [1.82, 2.24) is 15.1 Å². The van der Waals surface area contributed by atoms with Gasteiger partial charge in [0, 0.05) is 12.6 Å². The number of amidine groups is 1. The summed E-state index contributed by atoms with van der Waals surface area (Å²) in [7, 11) is 2.07. The van der Waals surface area contributed by atoms with Crippen LogP contribution in [0, 0.1) is 5.41 Å². The number of carbonyl (C=O) groups excluding carboxylic acids is 1. The standard InChI is InChI=1S/C11H18N4O/c1-14-6-2-5-11(7-14)9(12)13-10(16)15(11)8-3-4-8/h8H,2-7H2,1H3,(H2,12,13,16). The van der Waals surface area contributed by atoms with Crippen LogP contribution in [0.25, 0.3) is 0 Å². The lowest BCUT2D eigenvalue weighted by Gasteiger charge is -2.43. The van der Waals surface area contributed by atoms with Crippen LogP contribution in [0.5, 0.6) is 0 Å². The average Bonchev–Trinajstić information content (AvgIpc) is 2.98. The average molecular weight is 222 g/mol. The van der Waals surface area contributed by atoms with Crippen LogP contribution in [-0.2, 0) is 0 Å². The third-order valence-corrected chi connectivity index (χ3v) is 3.95. The van der Waals surface area contributed by atoms with Gasteiger partial charge < -0.3 is 9.80 Å². The molecule has 3 aliphatic rings. The molecule has 0 aromatic heterocycles. The van der Waals surface area contributed by atoms with Crippen molar-refractivity contribution >= 4 is 11.9 Å². The normalized spacial score (nSPS) is 35.9. The molecule has 0 aromatic rings. The van der Waals surface area contributed by atoms with Crippen molar-refractivity contribution in [2.45, 2.75) is 37.3 Å². The first-order valence-electron chi connectivity index (χ1n) is 6.01. The van der Waals surface area contributed by atoms with E-state index in [2.05, 4.69) is 17.3 Å². The second-order valence-electron chi connectivity index (χ2n) is 5.28. The zero-order valence-corrected chi connectivity index (χ0v) is 9.62. The summed E-state index contributed by atoms with van der Waals surface area (Å²) in [6.45, 7) is 1.88. The molecule has 1 aliphatic carbocycles. The number of hydrogen-bond donors (Lipinski definition) is 2. The highest BCUT2D eigenvalue weighted by Gasteiger charge is 2.56. The Morgan fingerprint density at radius 3 is 2.88 bits per heavy atom. The van der Waals surface area contributed by atoms with E-state index in [-0.39, 0.29) is 11.6 Å². The molecule has 2 saturated heterocycles. The number of rotatable bonds is 1. The van der Waals surface area contributed by atoms with E-state index in [4.69, 9.17) is 5.41 Å². The number of likely N-dealkylation sites (N-methyl/N-ethyl adjacent to an activating group) is 1. The summed E-state index contributed by atoms with van der Waals surface area (Å²) in [6, 6.07) is 0.331. The summed E-state index contributed by atoms with van der Waals surface area (Å²) < 4.78 is 0. The Balaban J connectivity index is 1.94. The Bertz CT molecular complexity index is 352. The zero-order chi connectivity index (χ0) is 11.3. The third-order valence-electron chi connectivity index (χ3n) is 3.95. The van der Waals surface area contributed by atoms with Crippen molar-refractivity contribution in [1.29, 1.82) is 5.41 Å². The first-order chi connectivity index (χ1) is 7.63. The highest BCUT2D eigenvalue weighted by atomic mass is 16.2. The predicted molar refractivity (Wildman–Crippen MR) is 60.6 cm³/mol. The highest BCUT2D eigenvalue weighted by molar-refractivity contribution is 6.09. The van der Waals surface area contributed by atoms with Gasteiger partial charge in [0.25, 0.3) is 0 Å². The van der Waals surface area contributed by atoms with E-state index < -0.39 is 0 Å². The quantitative estimate of drug-likeness (QED) is 0.683. The predicted octanol–water partition coefficient (Wildman–Crippen LogP) is 0.616. The maximum atomic E-state index is 11.9. The lowest BCUT2D eigenvalue weighted by molar-refractivity contribution is 0.102. The molecular weight excluding hydrogens is 204 g/mol. The Labute approximate surface area is 95.3 Å². The van der Waals surface area contributed by atoms with Gasteiger partial charge in [-0.15, -0.1) is 0 Å². The molecule has 2 aliphatic heterocycles. The summed E-state index contributed by atoms with van der Waals surface area (Å²) in [5.41, 5.74) is -0.342. The molecule has 1 atom stereocenters. The van der Waals surface area contributed by atoms with Crippen LogP contribution in [0.15, 0.2) is 0 Å². The second-order valence-corrected chi connectivity index (χ2v) is 5.28. The molecule has 1 unspecified atom stereocenters. The fraction of sp³-hybridized carbons (Fsp3) is 0.818. The molecule has 2 amide bonds. The summed E-state index contributed by atoms with van der Waals surface area (Å²) in [5.74, 6) is 0.413. The van der Waals surface area contributed by atoms with Crippen molar-refractivity contribution in [2.24, 2.45) is 0 Å². The Hall–Kier alpha value is -1.10. The molecule has 0 radical (unpaired) electrons. The fourth-order valence-electron chi connectivity index (χ4n) is 3.09. The minimum atomic E-state index is -0.342. The molecule has 88 valence electrons. The first kappa shape index (κ1) is 10.1. The van der Waals surface area contributed by atoms with Gasteiger partial charge in [-0.1, -0.05) is 0 Å². The van der Waals surface area contributed by atoms with Crippen LogP contribution in [0.1, 0.15) is 25.7 Å². The molecule has 3 rings (SSSR count). The zero-order valence-electron chi connectivity index (χ0n) is 9.62. The van der Waals surface area contributed by atoms with Gasteiger partial charge in [0.1, 0.15) is 11.4 Å². The summed E-state index contributed by atoms with van der Waals surface area (Å²) in [4.78, 5) is 16.1. The summed E-state index contributed by atoms with van der Waals surface area (Å²) in [6.07, 6.45) is 4.21. The number of piperidine rings is 1. The van der Waals surface area contributed by atoms with Crippen molar-refractivity contribution in [3.63, 3.8) is 0 Å². The van der Waals surface area contributed by atoms with E-state index in [0.717, 1.165) is 38.8 Å². The number of likely N-dealkylation sites (tertiary alicyclic amines) is 1.